The van der Waals surface area contributed by atoms with Crippen LogP contribution in [0.1, 0.15) is 17.5 Å². The molecular formula is C29H26N2O3. The van der Waals surface area contributed by atoms with Gasteiger partial charge in [0, 0.05) is 24.3 Å². The van der Waals surface area contributed by atoms with Crippen LogP contribution in [0, 0.1) is 19.8 Å². The summed E-state index contributed by atoms with van der Waals surface area (Å²) >= 11 is 0. The Labute approximate surface area is 199 Å². The second-order valence-electron chi connectivity index (χ2n) is 8.88. The van der Waals surface area contributed by atoms with Gasteiger partial charge in [-0.3, -0.25) is 9.59 Å². The summed E-state index contributed by atoms with van der Waals surface area (Å²) in [4.78, 5) is 27.2. The van der Waals surface area contributed by atoms with E-state index in [9.17, 15) is 9.59 Å². The number of benzene rings is 4. The number of aryl methyl sites for hydroxylation is 2. The quantitative estimate of drug-likeness (QED) is 0.391. The van der Waals surface area contributed by atoms with Crippen LogP contribution in [0.5, 0.6) is 11.5 Å². The lowest BCUT2D eigenvalue weighted by atomic mass is 10.1. The van der Waals surface area contributed by atoms with Crippen molar-refractivity contribution in [3.63, 3.8) is 0 Å². The minimum atomic E-state index is -0.387. The number of amides is 2. The van der Waals surface area contributed by atoms with Crippen LogP contribution in [0.4, 0.5) is 11.4 Å². The van der Waals surface area contributed by atoms with E-state index in [-0.39, 0.29) is 24.2 Å². The fourth-order valence-electron chi connectivity index (χ4n) is 4.46. The third-order valence-corrected chi connectivity index (χ3v) is 6.09. The first-order valence-corrected chi connectivity index (χ1v) is 11.4. The van der Waals surface area contributed by atoms with Crippen LogP contribution in [0.2, 0.25) is 0 Å². The summed E-state index contributed by atoms with van der Waals surface area (Å²) in [6.07, 6.45) is 0.210. The molecule has 1 aliphatic heterocycles. The van der Waals surface area contributed by atoms with E-state index in [1.165, 1.54) is 0 Å². The van der Waals surface area contributed by atoms with E-state index >= 15 is 0 Å². The molecule has 1 saturated heterocycles. The Bertz CT molecular complexity index is 1360. The zero-order valence-corrected chi connectivity index (χ0v) is 19.2. The van der Waals surface area contributed by atoms with Gasteiger partial charge in [-0.1, -0.05) is 36.4 Å². The normalized spacial score (nSPS) is 15.5. The lowest BCUT2D eigenvalue weighted by Crippen LogP contribution is -2.28. The Hall–Kier alpha value is -4.12. The number of carbonyl (C=O) groups is 2. The number of fused-ring (bicyclic) bond motifs is 1. The maximum absolute atomic E-state index is 12.9. The highest BCUT2D eigenvalue weighted by Gasteiger charge is 2.35. The summed E-state index contributed by atoms with van der Waals surface area (Å²) in [5, 5.41) is 5.22. The van der Waals surface area contributed by atoms with E-state index in [4.69, 9.17) is 4.74 Å². The van der Waals surface area contributed by atoms with Gasteiger partial charge in [0.05, 0.1) is 5.92 Å². The number of ether oxygens (including phenoxy) is 1. The third kappa shape index (κ3) is 4.64. The first-order chi connectivity index (χ1) is 16.4. The van der Waals surface area contributed by atoms with E-state index in [0.29, 0.717) is 18.0 Å². The number of anilines is 2. The van der Waals surface area contributed by atoms with Crippen LogP contribution in [-0.4, -0.2) is 18.4 Å². The minimum Gasteiger partial charge on any atom is -0.457 e. The number of rotatable bonds is 5. The molecule has 0 saturated carbocycles. The van der Waals surface area contributed by atoms with Crippen LogP contribution >= 0.6 is 0 Å². The van der Waals surface area contributed by atoms with Crippen molar-refractivity contribution in [2.45, 2.75) is 20.3 Å². The highest BCUT2D eigenvalue weighted by molar-refractivity contribution is 6.03. The smallest absolute Gasteiger partial charge is 0.229 e. The van der Waals surface area contributed by atoms with Crippen molar-refractivity contribution in [2.75, 3.05) is 16.8 Å². The number of hydrogen-bond donors (Lipinski definition) is 1. The molecule has 0 unspecified atom stereocenters. The molecule has 1 fully saturated rings. The Morgan fingerprint density at radius 2 is 1.53 bits per heavy atom. The van der Waals surface area contributed by atoms with Crippen molar-refractivity contribution >= 4 is 34.0 Å². The van der Waals surface area contributed by atoms with Crippen molar-refractivity contribution in [1.82, 2.24) is 0 Å². The predicted molar refractivity (Wildman–Crippen MR) is 135 cm³/mol. The summed E-state index contributed by atoms with van der Waals surface area (Å²) < 4.78 is 5.98. The fraction of sp³-hybridized carbons (Fsp3) is 0.172. The summed E-state index contributed by atoms with van der Waals surface area (Å²) in [6, 6.07) is 27.4. The molecule has 1 N–H and O–H groups in total. The van der Waals surface area contributed by atoms with Gasteiger partial charge in [0.2, 0.25) is 11.8 Å². The van der Waals surface area contributed by atoms with Gasteiger partial charge in [0.15, 0.2) is 0 Å². The summed E-state index contributed by atoms with van der Waals surface area (Å²) in [5.41, 5.74) is 3.73. The van der Waals surface area contributed by atoms with Crippen LogP contribution in [0.25, 0.3) is 10.8 Å². The molecule has 5 nitrogen and oxygen atoms in total. The number of carbonyl (C=O) groups excluding carboxylic acids is 2. The molecule has 2 amide bonds. The second kappa shape index (κ2) is 9.02. The van der Waals surface area contributed by atoms with Gasteiger partial charge in [0.25, 0.3) is 0 Å². The summed E-state index contributed by atoms with van der Waals surface area (Å²) in [6.45, 7) is 4.40. The molecule has 0 radical (unpaired) electrons. The average molecular weight is 451 g/mol. The maximum Gasteiger partial charge on any atom is 0.229 e. The largest absolute Gasteiger partial charge is 0.457 e. The molecule has 4 aromatic rings. The monoisotopic (exact) mass is 450 g/mol. The van der Waals surface area contributed by atoms with Gasteiger partial charge >= 0.3 is 0 Å². The maximum atomic E-state index is 12.9. The van der Waals surface area contributed by atoms with Gasteiger partial charge in [-0.05, 0) is 84.3 Å². The average Bonchev–Trinajstić information content (AvgIpc) is 3.21. The van der Waals surface area contributed by atoms with Gasteiger partial charge < -0.3 is 15.0 Å². The van der Waals surface area contributed by atoms with Crippen LogP contribution in [0.3, 0.4) is 0 Å². The van der Waals surface area contributed by atoms with E-state index in [1.807, 2.05) is 80.6 Å². The van der Waals surface area contributed by atoms with Crippen LogP contribution in [-0.2, 0) is 9.59 Å². The standard InChI is InChI=1S/C29H26N2O3/c1-19-13-20(2)15-25(14-19)31-18-23(17-28(31)32)29(33)30-24-8-11-26(12-9-24)34-27-10-7-21-5-3-4-6-22(21)16-27/h3-16,23H,17-18H2,1-2H3,(H,30,33)/t23-/m0/s1. The highest BCUT2D eigenvalue weighted by atomic mass is 16.5. The molecule has 0 aliphatic carbocycles. The Balaban J connectivity index is 1.22. The van der Waals surface area contributed by atoms with Crippen molar-refractivity contribution in [3.8, 4) is 11.5 Å². The van der Waals surface area contributed by atoms with Crippen molar-refractivity contribution in [1.29, 1.82) is 0 Å². The summed E-state index contributed by atoms with van der Waals surface area (Å²) in [5.74, 6) is 0.881. The number of nitrogens with one attached hydrogen (secondary N) is 1. The Morgan fingerprint density at radius 1 is 0.853 bits per heavy atom. The predicted octanol–water partition coefficient (Wildman–Crippen LogP) is 6.24. The number of hydrogen-bond acceptors (Lipinski definition) is 3. The van der Waals surface area contributed by atoms with Gasteiger partial charge in [-0.25, -0.2) is 0 Å². The molecule has 1 atom stereocenters. The zero-order chi connectivity index (χ0) is 23.7. The molecule has 5 heteroatoms. The van der Waals surface area contributed by atoms with Crippen molar-refractivity contribution in [3.05, 3.63) is 96.1 Å². The zero-order valence-electron chi connectivity index (χ0n) is 19.2. The van der Waals surface area contributed by atoms with Gasteiger partial charge in [-0.15, -0.1) is 0 Å². The Morgan fingerprint density at radius 3 is 2.26 bits per heavy atom. The molecule has 0 spiro atoms. The summed E-state index contributed by atoms with van der Waals surface area (Å²) in [7, 11) is 0. The van der Waals surface area contributed by atoms with Crippen molar-refractivity contribution < 1.29 is 14.3 Å². The SMILES string of the molecule is Cc1cc(C)cc(N2C[C@@H](C(=O)Nc3ccc(Oc4ccc5ccccc5c4)cc3)CC2=O)c1. The molecule has 1 aliphatic rings. The van der Waals surface area contributed by atoms with E-state index < -0.39 is 0 Å². The van der Waals surface area contributed by atoms with Gasteiger partial charge in [0.1, 0.15) is 11.5 Å². The molecule has 1 heterocycles. The molecule has 0 aromatic heterocycles. The van der Waals surface area contributed by atoms with Crippen LogP contribution < -0.4 is 15.0 Å². The third-order valence-electron chi connectivity index (χ3n) is 6.09. The highest BCUT2D eigenvalue weighted by Crippen LogP contribution is 2.29. The number of nitrogens with zero attached hydrogens (tertiary/aromatic N) is 1. The van der Waals surface area contributed by atoms with E-state index in [2.05, 4.69) is 23.5 Å². The lowest BCUT2D eigenvalue weighted by Gasteiger charge is -2.18. The van der Waals surface area contributed by atoms with Gasteiger partial charge in [-0.2, -0.15) is 0 Å². The van der Waals surface area contributed by atoms with E-state index in [1.54, 1.807) is 4.90 Å². The lowest BCUT2D eigenvalue weighted by molar-refractivity contribution is -0.122. The topological polar surface area (TPSA) is 58.6 Å². The van der Waals surface area contributed by atoms with Crippen molar-refractivity contribution in [2.24, 2.45) is 5.92 Å². The minimum absolute atomic E-state index is 0.0238. The first-order valence-electron chi connectivity index (χ1n) is 11.4. The Kier molecular flexibility index (Phi) is 5.76. The second-order valence-corrected chi connectivity index (χ2v) is 8.88. The molecule has 170 valence electrons. The molecule has 5 rings (SSSR count). The van der Waals surface area contributed by atoms with Crippen LogP contribution in [0.15, 0.2) is 84.9 Å². The fourth-order valence-corrected chi connectivity index (χ4v) is 4.46. The molecule has 34 heavy (non-hydrogen) atoms. The molecule has 4 aromatic carbocycles. The first kappa shape index (κ1) is 21.7. The molecule has 0 bridgehead atoms. The van der Waals surface area contributed by atoms with E-state index in [0.717, 1.165) is 33.3 Å². The molecular weight excluding hydrogens is 424 g/mol.